The zero-order chi connectivity index (χ0) is 14.0. The molecule has 0 saturated carbocycles. The fourth-order valence-electron chi connectivity index (χ4n) is 1.64. The molecule has 0 amide bonds. The number of alkyl halides is 3. The molecule has 0 bridgehead atoms. The number of hydrogen-bond acceptors (Lipinski definition) is 3. The summed E-state index contributed by atoms with van der Waals surface area (Å²) in [6.07, 6.45) is -3.27. The molecule has 2 aromatic heterocycles. The molecular formula is C13H11F3N2O. The lowest BCUT2D eigenvalue weighted by molar-refractivity contribution is -0.141. The van der Waals surface area contributed by atoms with E-state index in [9.17, 15) is 13.2 Å². The standard InChI is InChI=1S/C13H11F3N2O/c1-8-11(19-2)5-4-10(18-8)9-3-6-12(17-7-9)13(14,15)16/h3-7H,1-2H3. The van der Waals surface area contributed by atoms with Gasteiger partial charge in [-0.05, 0) is 31.2 Å². The Labute approximate surface area is 108 Å². The lowest BCUT2D eigenvalue weighted by atomic mass is 10.1. The fourth-order valence-corrected chi connectivity index (χ4v) is 1.64. The summed E-state index contributed by atoms with van der Waals surface area (Å²) in [6.45, 7) is 1.76. The Morgan fingerprint density at radius 2 is 1.84 bits per heavy atom. The number of aromatic nitrogens is 2. The smallest absolute Gasteiger partial charge is 0.433 e. The van der Waals surface area contributed by atoms with E-state index in [4.69, 9.17) is 4.74 Å². The van der Waals surface area contributed by atoms with Gasteiger partial charge in [0.05, 0.1) is 18.5 Å². The summed E-state index contributed by atoms with van der Waals surface area (Å²) in [5.74, 6) is 0.628. The highest BCUT2D eigenvalue weighted by Gasteiger charge is 2.32. The molecule has 0 N–H and O–H groups in total. The second-order valence-electron chi connectivity index (χ2n) is 3.91. The third-order valence-corrected chi connectivity index (χ3v) is 2.61. The maximum absolute atomic E-state index is 12.4. The van der Waals surface area contributed by atoms with Crippen molar-refractivity contribution in [3.8, 4) is 17.0 Å². The van der Waals surface area contributed by atoms with Crippen molar-refractivity contribution in [2.24, 2.45) is 0 Å². The van der Waals surface area contributed by atoms with Crippen LogP contribution in [0.25, 0.3) is 11.3 Å². The molecule has 2 heterocycles. The van der Waals surface area contributed by atoms with Crippen LogP contribution in [0, 0.1) is 6.92 Å². The molecule has 0 radical (unpaired) electrons. The van der Waals surface area contributed by atoms with E-state index in [0.29, 0.717) is 22.7 Å². The highest BCUT2D eigenvalue weighted by atomic mass is 19.4. The van der Waals surface area contributed by atoms with Gasteiger partial charge in [-0.3, -0.25) is 4.98 Å². The minimum atomic E-state index is -4.43. The third kappa shape index (κ3) is 2.83. The van der Waals surface area contributed by atoms with Gasteiger partial charge in [0, 0.05) is 11.8 Å². The first kappa shape index (κ1) is 13.3. The van der Waals surface area contributed by atoms with E-state index >= 15 is 0 Å². The van der Waals surface area contributed by atoms with Gasteiger partial charge in [0.25, 0.3) is 0 Å². The maximum Gasteiger partial charge on any atom is 0.433 e. The molecule has 19 heavy (non-hydrogen) atoms. The summed E-state index contributed by atoms with van der Waals surface area (Å²) in [4.78, 5) is 7.66. The molecule has 0 aromatic carbocycles. The second-order valence-corrected chi connectivity index (χ2v) is 3.91. The number of hydrogen-bond donors (Lipinski definition) is 0. The van der Waals surface area contributed by atoms with Gasteiger partial charge in [0.2, 0.25) is 0 Å². The van der Waals surface area contributed by atoms with Crippen LogP contribution in [0.3, 0.4) is 0 Å². The first-order chi connectivity index (χ1) is 8.91. The first-order valence-corrected chi connectivity index (χ1v) is 5.47. The Hall–Kier alpha value is -2.11. The molecule has 0 atom stereocenters. The molecule has 3 nitrogen and oxygen atoms in total. The van der Waals surface area contributed by atoms with Crippen LogP contribution in [-0.4, -0.2) is 17.1 Å². The van der Waals surface area contributed by atoms with Crippen molar-refractivity contribution in [2.75, 3.05) is 7.11 Å². The van der Waals surface area contributed by atoms with Crippen LogP contribution < -0.4 is 4.74 Å². The molecule has 0 spiro atoms. The minimum absolute atomic E-state index is 0.527. The van der Waals surface area contributed by atoms with Gasteiger partial charge in [-0.2, -0.15) is 13.2 Å². The van der Waals surface area contributed by atoms with E-state index in [1.807, 2.05) is 0 Å². The van der Waals surface area contributed by atoms with Crippen LogP contribution in [0.5, 0.6) is 5.75 Å². The molecule has 0 aliphatic heterocycles. The predicted molar refractivity (Wildman–Crippen MR) is 63.8 cm³/mol. The van der Waals surface area contributed by atoms with Crippen LogP contribution in [0.4, 0.5) is 13.2 Å². The lowest BCUT2D eigenvalue weighted by Crippen LogP contribution is -2.07. The third-order valence-electron chi connectivity index (χ3n) is 2.61. The van der Waals surface area contributed by atoms with Crippen LogP contribution in [0.15, 0.2) is 30.5 Å². The number of pyridine rings is 2. The van der Waals surface area contributed by atoms with Crippen LogP contribution in [0.1, 0.15) is 11.4 Å². The monoisotopic (exact) mass is 268 g/mol. The topological polar surface area (TPSA) is 35.0 Å². The van der Waals surface area contributed by atoms with E-state index in [2.05, 4.69) is 9.97 Å². The van der Waals surface area contributed by atoms with E-state index in [0.717, 1.165) is 12.3 Å². The van der Waals surface area contributed by atoms with Gasteiger partial charge in [-0.25, -0.2) is 4.98 Å². The highest BCUT2D eigenvalue weighted by molar-refractivity contribution is 5.59. The van der Waals surface area contributed by atoms with E-state index in [1.165, 1.54) is 13.2 Å². The molecule has 100 valence electrons. The predicted octanol–water partition coefficient (Wildman–Crippen LogP) is 3.48. The van der Waals surface area contributed by atoms with Crippen molar-refractivity contribution in [3.05, 3.63) is 41.9 Å². The van der Waals surface area contributed by atoms with Gasteiger partial charge in [-0.1, -0.05) is 0 Å². The molecular weight excluding hydrogens is 257 g/mol. The minimum Gasteiger partial charge on any atom is -0.495 e. The Kier molecular flexibility index (Phi) is 3.42. The van der Waals surface area contributed by atoms with E-state index < -0.39 is 11.9 Å². The van der Waals surface area contributed by atoms with E-state index in [1.54, 1.807) is 19.1 Å². The molecule has 6 heteroatoms. The number of rotatable bonds is 2. The number of ether oxygens (including phenoxy) is 1. The van der Waals surface area contributed by atoms with Crippen LogP contribution >= 0.6 is 0 Å². The van der Waals surface area contributed by atoms with Gasteiger partial charge < -0.3 is 4.74 Å². The normalized spacial score (nSPS) is 11.4. The maximum atomic E-state index is 12.4. The highest BCUT2D eigenvalue weighted by Crippen LogP contribution is 2.29. The summed E-state index contributed by atoms with van der Waals surface area (Å²) < 4.78 is 42.2. The zero-order valence-electron chi connectivity index (χ0n) is 10.3. The summed E-state index contributed by atoms with van der Waals surface area (Å²) in [5.41, 5.74) is 0.833. The average Bonchev–Trinajstić information content (AvgIpc) is 2.38. The molecule has 0 saturated heterocycles. The lowest BCUT2D eigenvalue weighted by Gasteiger charge is -2.08. The fraction of sp³-hybridized carbons (Fsp3) is 0.231. The second kappa shape index (κ2) is 4.87. The first-order valence-electron chi connectivity index (χ1n) is 5.47. The molecule has 0 unspecified atom stereocenters. The van der Waals surface area contributed by atoms with Crippen LogP contribution in [0.2, 0.25) is 0 Å². The summed E-state index contributed by atoms with van der Waals surface area (Å²) in [5, 5.41) is 0. The average molecular weight is 268 g/mol. The summed E-state index contributed by atoms with van der Waals surface area (Å²) in [7, 11) is 1.53. The van der Waals surface area contributed by atoms with Crippen molar-refractivity contribution >= 4 is 0 Å². The number of methoxy groups -OCH3 is 1. The Morgan fingerprint density at radius 3 is 2.32 bits per heavy atom. The zero-order valence-corrected chi connectivity index (χ0v) is 10.3. The Balaban J connectivity index is 2.35. The van der Waals surface area contributed by atoms with Gasteiger partial charge >= 0.3 is 6.18 Å². The largest absolute Gasteiger partial charge is 0.495 e. The molecule has 0 fully saturated rings. The SMILES string of the molecule is COc1ccc(-c2ccc(C(F)(F)F)nc2)nc1C. The summed E-state index contributed by atoms with van der Waals surface area (Å²) in [6, 6.07) is 5.69. The van der Waals surface area contributed by atoms with Crippen LogP contribution in [-0.2, 0) is 6.18 Å². The number of aryl methyl sites for hydroxylation is 1. The van der Waals surface area contributed by atoms with Crippen molar-refractivity contribution in [1.82, 2.24) is 9.97 Å². The van der Waals surface area contributed by atoms with Crippen molar-refractivity contribution in [3.63, 3.8) is 0 Å². The van der Waals surface area contributed by atoms with Gasteiger partial charge in [-0.15, -0.1) is 0 Å². The number of nitrogens with zero attached hydrogens (tertiary/aromatic N) is 2. The molecule has 2 rings (SSSR count). The van der Waals surface area contributed by atoms with Crippen molar-refractivity contribution in [2.45, 2.75) is 13.1 Å². The van der Waals surface area contributed by atoms with Gasteiger partial charge in [0.15, 0.2) is 0 Å². The Morgan fingerprint density at radius 1 is 1.11 bits per heavy atom. The quantitative estimate of drug-likeness (QED) is 0.836. The molecule has 2 aromatic rings. The Bertz CT molecular complexity index is 579. The molecule has 0 aliphatic rings. The molecule has 0 aliphatic carbocycles. The van der Waals surface area contributed by atoms with Gasteiger partial charge in [0.1, 0.15) is 11.4 Å². The van der Waals surface area contributed by atoms with E-state index in [-0.39, 0.29) is 0 Å². The number of halogens is 3. The summed E-state index contributed by atoms with van der Waals surface area (Å²) >= 11 is 0. The van der Waals surface area contributed by atoms with Crippen molar-refractivity contribution in [1.29, 1.82) is 0 Å². The van der Waals surface area contributed by atoms with Crippen molar-refractivity contribution < 1.29 is 17.9 Å².